The maximum absolute atomic E-state index is 14.2. The van der Waals surface area contributed by atoms with Crippen LogP contribution in [0.25, 0.3) is 10.9 Å². The summed E-state index contributed by atoms with van der Waals surface area (Å²) in [5.74, 6) is -5.08. The van der Waals surface area contributed by atoms with Crippen LogP contribution in [0.2, 0.25) is 0 Å². The number of piperidine rings is 1. The van der Waals surface area contributed by atoms with Gasteiger partial charge < -0.3 is 15.2 Å². The summed E-state index contributed by atoms with van der Waals surface area (Å²) < 4.78 is 69.2. The van der Waals surface area contributed by atoms with Crippen LogP contribution in [0.3, 0.4) is 0 Å². The van der Waals surface area contributed by atoms with Gasteiger partial charge in [0.1, 0.15) is 5.56 Å². The van der Waals surface area contributed by atoms with Crippen molar-refractivity contribution in [2.45, 2.75) is 25.2 Å². The fraction of sp³-hybridized carbons (Fsp3) is 0.360. The molecule has 37 heavy (non-hydrogen) atoms. The summed E-state index contributed by atoms with van der Waals surface area (Å²) in [6.07, 6.45) is 4.26. The zero-order valence-electron chi connectivity index (χ0n) is 19.9. The van der Waals surface area contributed by atoms with Gasteiger partial charge in [-0.3, -0.25) is 14.3 Å². The van der Waals surface area contributed by atoms with E-state index in [1.807, 2.05) is 4.90 Å². The molecule has 2 heterocycles. The number of nitrogens with one attached hydrogen (secondary N) is 3. The number of aromatic nitrogens is 1. The van der Waals surface area contributed by atoms with Crippen molar-refractivity contribution in [1.82, 2.24) is 9.88 Å². The summed E-state index contributed by atoms with van der Waals surface area (Å²) in [6, 6.07) is 9.35. The molecule has 0 aliphatic carbocycles. The number of alkyl halides is 3. The van der Waals surface area contributed by atoms with Crippen molar-refractivity contribution in [2.75, 3.05) is 42.1 Å². The average Bonchev–Trinajstić information content (AvgIpc) is 2.88. The van der Waals surface area contributed by atoms with Gasteiger partial charge in [0, 0.05) is 34.9 Å². The predicted octanol–water partition coefficient (Wildman–Crippen LogP) is 4.07. The fourth-order valence-corrected chi connectivity index (χ4v) is 5.32. The molecule has 1 fully saturated rings. The molecule has 0 spiro atoms. The van der Waals surface area contributed by atoms with Crippen LogP contribution >= 0.6 is 0 Å². The van der Waals surface area contributed by atoms with Gasteiger partial charge >= 0.3 is 5.92 Å². The molecule has 198 valence electrons. The predicted molar refractivity (Wildman–Crippen MR) is 137 cm³/mol. The number of para-hydroxylation sites is 1. The Balaban J connectivity index is 1.59. The maximum Gasteiger partial charge on any atom is 0.301 e. The molecule has 1 amide bonds. The van der Waals surface area contributed by atoms with Gasteiger partial charge in [-0.25, -0.2) is 12.8 Å². The number of halogens is 3. The van der Waals surface area contributed by atoms with Crippen LogP contribution in [-0.2, 0) is 15.9 Å². The van der Waals surface area contributed by atoms with E-state index in [0.29, 0.717) is 5.52 Å². The number of hydrogen-bond donors (Lipinski definition) is 3. The molecule has 8 nitrogen and oxygen atoms in total. The largest absolute Gasteiger partial charge is 0.360 e. The van der Waals surface area contributed by atoms with Gasteiger partial charge in [0.05, 0.1) is 11.4 Å². The molecule has 0 unspecified atom stereocenters. The van der Waals surface area contributed by atoms with E-state index >= 15 is 0 Å². The van der Waals surface area contributed by atoms with E-state index in [9.17, 15) is 31.2 Å². The summed E-state index contributed by atoms with van der Waals surface area (Å²) in [7, 11) is -3.93. The van der Waals surface area contributed by atoms with Gasteiger partial charge in [0.2, 0.25) is 15.5 Å². The molecule has 0 saturated carbocycles. The third kappa shape index (κ3) is 6.50. The lowest BCUT2D eigenvalue weighted by Gasteiger charge is -2.26. The van der Waals surface area contributed by atoms with Crippen LogP contribution in [-0.4, -0.2) is 56.3 Å². The Morgan fingerprint density at radius 3 is 2.49 bits per heavy atom. The molecule has 12 heteroatoms. The highest BCUT2D eigenvalue weighted by molar-refractivity contribution is 7.92. The molecular formula is C25H27F3N4O4S. The van der Waals surface area contributed by atoms with E-state index in [-0.39, 0.29) is 34.6 Å². The quantitative estimate of drug-likeness (QED) is 0.382. The van der Waals surface area contributed by atoms with E-state index < -0.39 is 39.5 Å². The number of fused-ring (bicyclic) bond motifs is 1. The molecular weight excluding hydrogens is 509 g/mol. The van der Waals surface area contributed by atoms with Crippen LogP contribution in [0.1, 0.15) is 35.2 Å². The van der Waals surface area contributed by atoms with Gasteiger partial charge in [0.25, 0.3) is 5.91 Å². The molecule has 0 radical (unpaired) electrons. The van der Waals surface area contributed by atoms with Crippen LogP contribution in [0.5, 0.6) is 0 Å². The minimum absolute atomic E-state index is 0.225. The van der Waals surface area contributed by atoms with Crippen molar-refractivity contribution < 1.29 is 26.4 Å². The van der Waals surface area contributed by atoms with Crippen molar-refractivity contribution in [3.05, 3.63) is 70.0 Å². The second kappa shape index (κ2) is 10.9. The Labute approximate surface area is 211 Å². The Morgan fingerprint density at radius 2 is 1.76 bits per heavy atom. The van der Waals surface area contributed by atoms with Crippen LogP contribution in [0, 0.1) is 0 Å². The van der Waals surface area contributed by atoms with Gasteiger partial charge in [-0.1, -0.05) is 18.6 Å². The number of carbonyl (C=O) groups is 1. The monoisotopic (exact) mass is 536 g/mol. The summed E-state index contributed by atoms with van der Waals surface area (Å²) >= 11 is 0. The lowest BCUT2D eigenvalue weighted by Crippen LogP contribution is -2.35. The van der Waals surface area contributed by atoms with Crippen molar-refractivity contribution in [3.8, 4) is 0 Å². The number of pyridine rings is 1. The Kier molecular flexibility index (Phi) is 7.88. The number of hydrogen-bond acceptors (Lipinski definition) is 5. The highest BCUT2D eigenvalue weighted by Crippen LogP contribution is 2.33. The lowest BCUT2D eigenvalue weighted by molar-refractivity contribution is -0.0279. The normalized spacial score (nSPS) is 15.0. The highest BCUT2D eigenvalue weighted by Gasteiger charge is 2.33. The van der Waals surface area contributed by atoms with Gasteiger partial charge in [0.15, 0.2) is 6.67 Å². The highest BCUT2D eigenvalue weighted by atomic mass is 32.2. The summed E-state index contributed by atoms with van der Waals surface area (Å²) in [4.78, 5) is 30.4. The zero-order chi connectivity index (χ0) is 26.6. The number of H-pyrrole nitrogens is 1. The third-order valence-electron chi connectivity index (χ3n) is 6.21. The standard InChI is InChI=1S/C25H27F3N4O4S/c26-16-25(27,28)17-12-18(30-24(34)21-15-29-22-7-3-2-6-20(22)23(21)33)14-19(13-17)31-37(35,36)11-10-32-8-4-1-5-9-32/h2-3,6-7,12-15,31H,1,4-5,8-11,16H2,(H,29,33)(H,30,34). The minimum atomic E-state index is -3.93. The summed E-state index contributed by atoms with van der Waals surface area (Å²) in [5, 5.41) is 2.61. The Morgan fingerprint density at radius 1 is 1.05 bits per heavy atom. The zero-order valence-corrected chi connectivity index (χ0v) is 20.7. The number of aromatic amines is 1. The SMILES string of the molecule is O=C(Nc1cc(NS(=O)(=O)CCN2CCCCC2)cc(C(F)(F)CF)c1)c1c[nH]c2ccccc2c1=O. The number of benzene rings is 2. The molecule has 4 rings (SSSR count). The second-order valence-electron chi connectivity index (χ2n) is 8.99. The van der Waals surface area contributed by atoms with Gasteiger partial charge in [-0.15, -0.1) is 0 Å². The maximum atomic E-state index is 14.2. The molecule has 1 aromatic heterocycles. The van der Waals surface area contributed by atoms with E-state index in [4.69, 9.17) is 0 Å². The fourth-order valence-electron chi connectivity index (χ4n) is 4.24. The first kappa shape index (κ1) is 26.7. The molecule has 1 aliphatic heterocycles. The number of amides is 1. The molecule has 1 aliphatic rings. The van der Waals surface area contributed by atoms with Crippen molar-refractivity contribution in [2.24, 2.45) is 0 Å². The molecule has 2 aromatic carbocycles. The number of sulfonamides is 1. The Bertz CT molecular complexity index is 1450. The van der Waals surface area contributed by atoms with E-state index in [1.165, 1.54) is 12.3 Å². The molecule has 3 N–H and O–H groups in total. The number of likely N-dealkylation sites (tertiary alicyclic amines) is 1. The topological polar surface area (TPSA) is 111 Å². The molecule has 1 saturated heterocycles. The van der Waals surface area contributed by atoms with Crippen molar-refractivity contribution >= 4 is 38.2 Å². The molecule has 3 aromatic rings. The van der Waals surface area contributed by atoms with Crippen LogP contribution in [0.15, 0.2) is 53.5 Å². The van der Waals surface area contributed by atoms with E-state index in [1.54, 1.807) is 18.2 Å². The van der Waals surface area contributed by atoms with Crippen LogP contribution in [0.4, 0.5) is 24.5 Å². The molecule has 0 bridgehead atoms. The minimum Gasteiger partial charge on any atom is -0.360 e. The summed E-state index contributed by atoms with van der Waals surface area (Å²) in [6.45, 7) is -0.157. The number of rotatable bonds is 9. The molecule has 0 atom stereocenters. The first-order valence-corrected chi connectivity index (χ1v) is 13.5. The van der Waals surface area contributed by atoms with E-state index in [0.717, 1.165) is 50.6 Å². The van der Waals surface area contributed by atoms with Crippen LogP contribution < -0.4 is 15.5 Å². The number of anilines is 2. The van der Waals surface area contributed by atoms with Crippen molar-refractivity contribution in [1.29, 1.82) is 0 Å². The Hall–Kier alpha value is -3.38. The second-order valence-corrected chi connectivity index (χ2v) is 10.8. The number of nitrogens with zero attached hydrogens (tertiary/aromatic N) is 1. The first-order valence-electron chi connectivity index (χ1n) is 11.8. The number of carbonyl (C=O) groups excluding carboxylic acids is 1. The third-order valence-corrected chi connectivity index (χ3v) is 7.48. The van der Waals surface area contributed by atoms with Crippen molar-refractivity contribution in [3.63, 3.8) is 0 Å². The first-order chi connectivity index (χ1) is 17.6. The lowest BCUT2D eigenvalue weighted by atomic mass is 10.1. The average molecular weight is 537 g/mol. The smallest absolute Gasteiger partial charge is 0.301 e. The van der Waals surface area contributed by atoms with E-state index in [2.05, 4.69) is 15.0 Å². The van der Waals surface area contributed by atoms with Gasteiger partial charge in [-0.05, 0) is 56.3 Å². The van der Waals surface area contributed by atoms with Gasteiger partial charge in [-0.2, -0.15) is 8.78 Å². The summed E-state index contributed by atoms with van der Waals surface area (Å²) in [5.41, 5.74) is -1.64.